The number of nitrogens with zero attached hydrogens (tertiary/aromatic N) is 1. The predicted molar refractivity (Wildman–Crippen MR) is 57.9 cm³/mol. The molecule has 1 aliphatic rings. The Morgan fingerprint density at radius 3 is 2.81 bits per heavy atom. The third-order valence-corrected chi connectivity index (χ3v) is 2.60. The van der Waals surface area contributed by atoms with Gasteiger partial charge in [0.2, 0.25) is 0 Å². The Labute approximate surface area is 97.1 Å². The van der Waals surface area contributed by atoms with E-state index in [9.17, 15) is 10.1 Å². The minimum atomic E-state index is -0.491. The van der Waals surface area contributed by atoms with Crippen molar-refractivity contribution < 1.29 is 14.4 Å². The normalized spacial score (nSPS) is 15.6. The monoisotopic (exact) mass is 243 g/mol. The van der Waals surface area contributed by atoms with E-state index < -0.39 is 4.92 Å². The maximum Gasteiger partial charge on any atom is 0.271 e. The minimum absolute atomic E-state index is 0.0377. The van der Waals surface area contributed by atoms with Gasteiger partial charge in [0, 0.05) is 18.1 Å². The lowest BCUT2D eigenvalue weighted by molar-refractivity contribution is -0.384. The van der Waals surface area contributed by atoms with Crippen molar-refractivity contribution >= 4 is 17.3 Å². The molecule has 2 rings (SSSR count). The summed E-state index contributed by atoms with van der Waals surface area (Å²) in [7, 11) is 0. The molecule has 1 aromatic carbocycles. The molecule has 6 heteroatoms. The zero-order valence-electron chi connectivity index (χ0n) is 8.39. The lowest BCUT2D eigenvalue weighted by Gasteiger charge is -2.25. The van der Waals surface area contributed by atoms with Gasteiger partial charge < -0.3 is 9.47 Å². The molecule has 0 N–H and O–H groups in total. The van der Waals surface area contributed by atoms with Crippen molar-refractivity contribution in [3.8, 4) is 5.75 Å². The standard InChI is InChI=1S/C10H10ClNO4/c11-9-3-8(12(13)14)1-2-10(9)16-6-7-4-15-5-7/h1-3,7H,4-6H2. The highest BCUT2D eigenvalue weighted by Crippen LogP contribution is 2.29. The number of halogens is 1. The van der Waals surface area contributed by atoms with E-state index in [0.717, 1.165) is 0 Å². The van der Waals surface area contributed by atoms with Crippen LogP contribution in [-0.4, -0.2) is 24.7 Å². The molecule has 0 saturated carbocycles. The second-order valence-electron chi connectivity index (χ2n) is 3.59. The number of hydrogen-bond acceptors (Lipinski definition) is 4. The molecule has 86 valence electrons. The summed E-state index contributed by atoms with van der Waals surface area (Å²) in [5, 5.41) is 10.7. The number of hydrogen-bond donors (Lipinski definition) is 0. The average Bonchev–Trinajstić information content (AvgIpc) is 2.17. The fourth-order valence-corrected chi connectivity index (χ4v) is 1.54. The van der Waals surface area contributed by atoms with Crippen LogP contribution in [0.25, 0.3) is 0 Å². The Hall–Kier alpha value is -1.33. The summed E-state index contributed by atoms with van der Waals surface area (Å²) in [6.07, 6.45) is 0. The Kier molecular flexibility index (Phi) is 3.26. The molecule has 0 radical (unpaired) electrons. The van der Waals surface area contributed by atoms with Crippen LogP contribution in [0.2, 0.25) is 5.02 Å². The number of non-ortho nitro benzene ring substituents is 1. The molecule has 0 atom stereocenters. The van der Waals surface area contributed by atoms with Gasteiger partial charge in [0.1, 0.15) is 5.75 Å². The van der Waals surface area contributed by atoms with E-state index in [1.807, 2.05) is 0 Å². The molecule has 0 amide bonds. The van der Waals surface area contributed by atoms with Crippen molar-refractivity contribution in [2.24, 2.45) is 5.92 Å². The maximum atomic E-state index is 10.5. The molecule has 0 bridgehead atoms. The van der Waals surface area contributed by atoms with E-state index >= 15 is 0 Å². The Bertz CT molecular complexity index is 406. The lowest BCUT2D eigenvalue weighted by atomic mass is 10.1. The first-order valence-electron chi connectivity index (χ1n) is 4.81. The van der Waals surface area contributed by atoms with E-state index in [2.05, 4.69) is 0 Å². The second-order valence-corrected chi connectivity index (χ2v) is 3.99. The summed E-state index contributed by atoms with van der Waals surface area (Å²) in [5.41, 5.74) is -0.0377. The lowest BCUT2D eigenvalue weighted by Crippen LogP contribution is -2.32. The van der Waals surface area contributed by atoms with E-state index in [4.69, 9.17) is 21.1 Å². The van der Waals surface area contributed by atoms with Gasteiger partial charge in [0.05, 0.1) is 29.8 Å². The SMILES string of the molecule is O=[N+]([O-])c1ccc(OCC2COC2)c(Cl)c1. The van der Waals surface area contributed by atoms with Crippen molar-refractivity contribution in [3.05, 3.63) is 33.3 Å². The zero-order chi connectivity index (χ0) is 11.5. The third kappa shape index (κ3) is 2.43. The number of nitro benzene ring substituents is 1. The van der Waals surface area contributed by atoms with Crippen LogP contribution in [-0.2, 0) is 4.74 Å². The van der Waals surface area contributed by atoms with E-state index in [1.54, 1.807) is 0 Å². The molecule has 5 nitrogen and oxygen atoms in total. The van der Waals surface area contributed by atoms with Gasteiger partial charge in [-0.3, -0.25) is 10.1 Å². The van der Waals surface area contributed by atoms with Crippen molar-refractivity contribution in [3.63, 3.8) is 0 Å². The average molecular weight is 244 g/mol. The van der Waals surface area contributed by atoms with E-state index in [-0.39, 0.29) is 10.7 Å². The van der Waals surface area contributed by atoms with Crippen LogP contribution in [0, 0.1) is 16.0 Å². The van der Waals surface area contributed by atoms with Gasteiger partial charge >= 0.3 is 0 Å². The molecular formula is C10H10ClNO4. The molecule has 0 aliphatic carbocycles. The summed E-state index contributed by atoms with van der Waals surface area (Å²) in [5.74, 6) is 0.866. The minimum Gasteiger partial charge on any atom is -0.492 e. The Morgan fingerprint density at radius 1 is 1.56 bits per heavy atom. The fraction of sp³-hybridized carbons (Fsp3) is 0.400. The Balaban J connectivity index is 2.00. The highest BCUT2D eigenvalue weighted by molar-refractivity contribution is 6.32. The highest BCUT2D eigenvalue weighted by atomic mass is 35.5. The summed E-state index contributed by atoms with van der Waals surface area (Å²) < 4.78 is 10.4. The van der Waals surface area contributed by atoms with Crippen molar-refractivity contribution in [2.45, 2.75) is 0 Å². The smallest absolute Gasteiger partial charge is 0.271 e. The molecule has 1 fully saturated rings. The van der Waals surface area contributed by atoms with Crippen LogP contribution >= 0.6 is 11.6 Å². The van der Waals surface area contributed by atoms with Crippen LogP contribution in [0.3, 0.4) is 0 Å². The van der Waals surface area contributed by atoms with Crippen molar-refractivity contribution in [1.29, 1.82) is 0 Å². The van der Waals surface area contributed by atoms with Gasteiger partial charge in [0.25, 0.3) is 5.69 Å². The van der Waals surface area contributed by atoms with Gasteiger partial charge in [-0.15, -0.1) is 0 Å². The molecular weight excluding hydrogens is 234 g/mol. The van der Waals surface area contributed by atoms with Crippen LogP contribution in [0.1, 0.15) is 0 Å². The number of ether oxygens (including phenoxy) is 2. The summed E-state index contributed by atoms with van der Waals surface area (Å²) in [6, 6.07) is 4.17. The Morgan fingerprint density at radius 2 is 2.31 bits per heavy atom. The third-order valence-electron chi connectivity index (χ3n) is 2.31. The first kappa shape index (κ1) is 11.2. The molecule has 0 spiro atoms. The van der Waals surface area contributed by atoms with Crippen LogP contribution < -0.4 is 4.74 Å². The van der Waals surface area contributed by atoms with Gasteiger partial charge in [-0.05, 0) is 6.07 Å². The van der Waals surface area contributed by atoms with E-state index in [1.165, 1.54) is 18.2 Å². The summed E-state index contributed by atoms with van der Waals surface area (Å²) in [4.78, 5) is 9.98. The molecule has 0 unspecified atom stereocenters. The molecule has 0 aromatic heterocycles. The predicted octanol–water partition coefficient (Wildman–Crippen LogP) is 2.27. The molecule has 1 heterocycles. The number of nitro groups is 1. The highest BCUT2D eigenvalue weighted by Gasteiger charge is 2.19. The van der Waals surface area contributed by atoms with Crippen molar-refractivity contribution in [2.75, 3.05) is 19.8 Å². The largest absolute Gasteiger partial charge is 0.492 e. The maximum absolute atomic E-state index is 10.5. The van der Waals surface area contributed by atoms with E-state index in [0.29, 0.717) is 31.5 Å². The van der Waals surface area contributed by atoms with Gasteiger partial charge in [-0.2, -0.15) is 0 Å². The van der Waals surface area contributed by atoms with Crippen molar-refractivity contribution in [1.82, 2.24) is 0 Å². The number of benzene rings is 1. The topological polar surface area (TPSA) is 61.6 Å². The first-order chi connectivity index (χ1) is 7.66. The van der Waals surface area contributed by atoms with Crippen LogP contribution in [0.4, 0.5) is 5.69 Å². The molecule has 1 saturated heterocycles. The summed E-state index contributed by atoms with van der Waals surface area (Å²) >= 11 is 5.86. The van der Waals surface area contributed by atoms with Gasteiger partial charge in [0.15, 0.2) is 0 Å². The zero-order valence-corrected chi connectivity index (χ0v) is 9.14. The van der Waals surface area contributed by atoms with Crippen LogP contribution in [0.15, 0.2) is 18.2 Å². The van der Waals surface area contributed by atoms with Gasteiger partial charge in [-0.25, -0.2) is 0 Å². The summed E-state index contributed by atoms with van der Waals surface area (Å²) in [6.45, 7) is 1.92. The fourth-order valence-electron chi connectivity index (χ4n) is 1.31. The molecule has 1 aliphatic heterocycles. The van der Waals surface area contributed by atoms with Gasteiger partial charge in [-0.1, -0.05) is 11.6 Å². The molecule has 1 aromatic rings. The number of rotatable bonds is 4. The molecule has 16 heavy (non-hydrogen) atoms. The second kappa shape index (κ2) is 4.67. The van der Waals surface area contributed by atoms with Crippen LogP contribution in [0.5, 0.6) is 5.75 Å². The quantitative estimate of drug-likeness (QED) is 0.601. The first-order valence-corrected chi connectivity index (χ1v) is 5.19.